The third kappa shape index (κ3) is 3.35. The van der Waals surface area contributed by atoms with Crippen LogP contribution in [0.15, 0.2) is 22.9 Å². The van der Waals surface area contributed by atoms with Crippen molar-refractivity contribution in [1.29, 1.82) is 0 Å². The zero-order chi connectivity index (χ0) is 15.7. The highest BCUT2D eigenvalue weighted by Gasteiger charge is 2.23. The Kier molecular flexibility index (Phi) is 5.15. The number of nitrogens with two attached hydrogens (primary N) is 1. The average molecular weight is 484 g/mol. The minimum Gasteiger partial charge on any atom is -0.365 e. The van der Waals surface area contributed by atoms with Crippen LogP contribution in [0.25, 0.3) is 0 Å². The van der Waals surface area contributed by atoms with Crippen LogP contribution >= 0.6 is 50.1 Å². The van der Waals surface area contributed by atoms with Crippen LogP contribution in [0.2, 0.25) is 5.02 Å². The Morgan fingerprint density at radius 2 is 2.14 bits per heavy atom. The van der Waals surface area contributed by atoms with E-state index in [0.717, 1.165) is 4.47 Å². The Morgan fingerprint density at radius 3 is 2.71 bits per heavy atom. The van der Waals surface area contributed by atoms with E-state index in [4.69, 9.17) is 17.3 Å². The van der Waals surface area contributed by atoms with Gasteiger partial charge >= 0.3 is 0 Å². The Hall–Kier alpha value is -0.800. The van der Waals surface area contributed by atoms with Crippen molar-refractivity contribution in [3.8, 4) is 0 Å². The number of primary amides is 1. The van der Waals surface area contributed by atoms with Gasteiger partial charge in [-0.15, -0.1) is 0 Å². The Morgan fingerprint density at radius 1 is 1.48 bits per heavy atom. The van der Waals surface area contributed by atoms with Crippen LogP contribution in [-0.4, -0.2) is 15.9 Å². The van der Waals surface area contributed by atoms with Crippen LogP contribution in [0.5, 0.6) is 0 Å². The summed E-state index contributed by atoms with van der Waals surface area (Å²) in [7, 11) is 0. The quantitative estimate of drug-likeness (QED) is 0.531. The lowest BCUT2D eigenvalue weighted by atomic mass is 9.97. The number of nitrogens with zero attached hydrogens (tertiary/aromatic N) is 2. The van der Waals surface area contributed by atoms with E-state index < -0.39 is 11.9 Å². The van der Waals surface area contributed by atoms with E-state index in [1.165, 1.54) is 6.20 Å². The predicted octanol–water partition coefficient (Wildman–Crippen LogP) is 3.89. The molecule has 0 aliphatic rings. The van der Waals surface area contributed by atoms with E-state index in [9.17, 15) is 9.18 Å². The van der Waals surface area contributed by atoms with E-state index in [1.54, 1.807) is 12.3 Å². The molecule has 0 saturated heterocycles. The first-order chi connectivity index (χ1) is 9.82. The second-order valence-electron chi connectivity index (χ2n) is 4.30. The standard InChI is InChI=1S/C13H9BrClFIN3O/c1-5(11-8(15)2-6(14)3-19-11)7-4-20-12(16)9(10(7)17)13(18)21/h2-5H,1H3,(H2,18,21). The molecule has 0 aliphatic carbocycles. The van der Waals surface area contributed by atoms with Crippen LogP contribution in [0.4, 0.5) is 4.39 Å². The number of pyridine rings is 2. The van der Waals surface area contributed by atoms with Gasteiger partial charge in [0, 0.05) is 26.4 Å². The maximum absolute atomic E-state index is 13.6. The van der Waals surface area contributed by atoms with Gasteiger partial charge in [0.2, 0.25) is 5.95 Å². The maximum Gasteiger partial charge on any atom is 0.254 e. The lowest BCUT2D eigenvalue weighted by molar-refractivity contribution is 0.0994. The van der Waals surface area contributed by atoms with Gasteiger partial charge in [0.15, 0.2) is 0 Å². The highest BCUT2D eigenvalue weighted by molar-refractivity contribution is 14.1. The highest BCUT2D eigenvalue weighted by atomic mass is 127. The first kappa shape index (κ1) is 16.6. The molecular weight excluding hydrogens is 475 g/mol. The third-order valence-electron chi connectivity index (χ3n) is 2.96. The molecule has 110 valence electrons. The number of hydrogen-bond acceptors (Lipinski definition) is 3. The molecular formula is C13H9BrClFIN3O. The number of amides is 1. The van der Waals surface area contributed by atoms with Gasteiger partial charge < -0.3 is 5.73 Å². The summed E-state index contributed by atoms with van der Waals surface area (Å²) in [6, 6.07) is 1.72. The first-order valence-corrected chi connectivity index (χ1v) is 8.02. The summed E-state index contributed by atoms with van der Waals surface area (Å²) >= 11 is 11.3. The van der Waals surface area contributed by atoms with Crippen LogP contribution in [0, 0.1) is 9.52 Å². The molecule has 1 amide bonds. The fraction of sp³-hybridized carbons (Fsp3) is 0.154. The van der Waals surface area contributed by atoms with Crippen LogP contribution in [-0.2, 0) is 0 Å². The number of carbonyl (C=O) groups is 1. The first-order valence-electron chi connectivity index (χ1n) is 5.77. The summed E-state index contributed by atoms with van der Waals surface area (Å²) in [5, 5.41) is 0.470. The zero-order valence-corrected chi connectivity index (χ0v) is 15.2. The topological polar surface area (TPSA) is 68.9 Å². The van der Waals surface area contributed by atoms with Crippen molar-refractivity contribution in [2.75, 3.05) is 0 Å². The predicted molar refractivity (Wildman–Crippen MR) is 89.9 cm³/mol. The lowest BCUT2D eigenvalue weighted by Crippen LogP contribution is -2.18. The summed E-state index contributed by atoms with van der Waals surface area (Å²) in [4.78, 5) is 19.2. The maximum atomic E-state index is 13.6. The van der Waals surface area contributed by atoms with Gasteiger partial charge in [-0.25, -0.2) is 4.98 Å². The summed E-state index contributed by atoms with van der Waals surface area (Å²) < 4.78 is 14.8. The van der Waals surface area contributed by atoms with Crippen molar-refractivity contribution in [1.82, 2.24) is 9.97 Å². The fourth-order valence-electron chi connectivity index (χ4n) is 1.89. The second kappa shape index (κ2) is 6.53. The smallest absolute Gasteiger partial charge is 0.254 e. The van der Waals surface area contributed by atoms with E-state index in [0.29, 0.717) is 19.9 Å². The molecule has 0 bridgehead atoms. The van der Waals surface area contributed by atoms with Gasteiger partial charge in [-0.3, -0.25) is 9.78 Å². The average Bonchev–Trinajstić information content (AvgIpc) is 2.37. The Balaban J connectivity index is 2.56. The molecule has 1 unspecified atom stereocenters. The molecule has 0 radical (unpaired) electrons. The summed E-state index contributed by atoms with van der Waals surface area (Å²) in [5.74, 6) is -1.99. The van der Waals surface area contributed by atoms with Crippen LogP contribution in [0.1, 0.15) is 34.5 Å². The van der Waals surface area contributed by atoms with Crippen LogP contribution in [0.3, 0.4) is 0 Å². The molecule has 2 rings (SSSR count). The molecule has 21 heavy (non-hydrogen) atoms. The van der Waals surface area contributed by atoms with Gasteiger partial charge in [-0.2, -0.15) is 4.39 Å². The number of hydrogen-bond donors (Lipinski definition) is 1. The monoisotopic (exact) mass is 483 g/mol. The number of rotatable bonds is 3. The Labute approximate surface area is 147 Å². The van der Waals surface area contributed by atoms with Gasteiger partial charge in [0.25, 0.3) is 5.91 Å². The molecule has 2 aromatic heterocycles. The molecule has 1 atom stereocenters. The molecule has 0 aliphatic heterocycles. The number of aromatic nitrogens is 2. The minimum absolute atomic E-state index is 0.215. The number of halogens is 4. The summed E-state index contributed by atoms with van der Waals surface area (Å²) in [5.41, 5.74) is 6.24. The summed E-state index contributed by atoms with van der Waals surface area (Å²) in [6.07, 6.45) is 2.99. The lowest BCUT2D eigenvalue weighted by Gasteiger charge is -2.16. The summed E-state index contributed by atoms with van der Waals surface area (Å²) in [6.45, 7) is 1.85. The fourth-order valence-corrected chi connectivity index (χ4v) is 3.77. The van der Waals surface area contributed by atoms with Crippen molar-refractivity contribution in [3.05, 3.63) is 54.3 Å². The molecule has 4 nitrogen and oxygen atoms in total. The van der Waals surface area contributed by atoms with Crippen molar-refractivity contribution in [2.24, 2.45) is 5.73 Å². The molecule has 0 fully saturated rings. The molecule has 2 heterocycles. The molecule has 0 spiro atoms. The van der Waals surface area contributed by atoms with E-state index in [1.807, 2.05) is 29.5 Å². The molecule has 2 aromatic rings. The SMILES string of the molecule is CC(c1cnc(F)c(C(N)=O)c1I)c1ncc(Br)cc1Cl. The zero-order valence-electron chi connectivity index (χ0n) is 10.7. The second-order valence-corrected chi connectivity index (χ2v) is 6.70. The molecule has 8 heteroatoms. The number of carbonyl (C=O) groups excluding carboxylic acids is 1. The largest absolute Gasteiger partial charge is 0.365 e. The van der Waals surface area contributed by atoms with E-state index in [-0.39, 0.29) is 11.5 Å². The molecule has 0 aromatic carbocycles. The molecule has 0 saturated carbocycles. The van der Waals surface area contributed by atoms with Crippen molar-refractivity contribution < 1.29 is 9.18 Å². The van der Waals surface area contributed by atoms with Gasteiger partial charge in [-0.05, 0) is 50.2 Å². The Bertz CT molecular complexity index is 729. The van der Waals surface area contributed by atoms with Gasteiger partial charge in [0.05, 0.1) is 10.7 Å². The third-order valence-corrected chi connectivity index (χ3v) is 4.85. The van der Waals surface area contributed by atoms with Gasteiger partial charge in [0.1, 0.15) is 5.56 Å². The molecule has 2 N–H and O–H groups in total. The van der Waals surface area contributed by atoms with Crippen LogP contribution < -0.4 is 5.73 Å². The van der Waals surface area contributed by atoms with Crippen molar-refractivity contribution in [2.45, 2.75) is 12.8 Å². The highest BCUT2D eigenvalue weighted by Crippen LogP contribution is 2.33. The normalized spacial score (nSPS) is 12.2. The van der Waals surface area contributed by atoms with Crippen molar-refractivity contribution in [3.63, 3.8) is 0 Å². The van der Waals surface area contributed by atoms with Crippen molar-refractivity contribution >= 4 is 56.0 Å². The van der Waals surface area contributed by atoms with Gasteiger partial charge in [-0.1, -0.05) is 18.5 Å². The minimum atomic E-state index is -0.877. The van der Waals surface area contributed by atoms with E-state index >= 15 is 0 Å². The van der Waals surface area contributed by atoms with E-state index in [2.05, 4.69) is 25.9 Å².